The maximum absolute atomic E-state index is 11.0. The topological polar surface area (TPSA) is 23.5 Å². The molecule has 1 heterocycles. The molecule has 0 radical (unpaired) electrons. The third-order valence-electron chi connectivity index (χ3n) is 7.00. The van der Waals surface area contributed by atoms with Gasteiger partial charge < -0.3 is 5.11 Å². The van der Waals surface area contributed by atoms with Crippen LogP contribution in [0.25, 0.3) is 0 Å². The van der Waals surface area contributed by atoms with Crippen molar-refractivity contribution in [1.82, 2.24) is 4.90 Å². The normalized spacial score (nSPS) is 30.3. The Morgan fingerprint density at radius 2 is 1.64 bits per heavy atom. The molecule has 2 atom stereocenters. The highest BCUT2D eigenvalue weighted by Gasteiger charge is 2.51. The van der Waals surface area contributed by atoms with Crippen molar-refractivity contribution in [2.24, 2.45) is 11.8 Å². The van der Waals surface area contributed by atoms with Gasteiger partial charge in [0.1, 0.15) is 0 Å². The number of likely N-dealkylation sites (tertiary alicyclic amines) is 1. The van der Waals surface area contributed by atoms with Crippen molar-refractivity contribution in [3.63, 3.8) is 0 Å². The van der Waals surface area contributed by atoms with Gasteiger partial charge in [-0.05, 0) is 52.0 Å². The van der Waals surface area contributed by atoms with E-state index in [0.29, 0.717) is 5.92 Å². The SMILES string of the molecule is CC1(C)CC(O)C(CC2CCCCC2)C(C)(C)N1Cc1ccccc1. The van der Waals surface area contributed by atoms with E-state index in [1.165, 1.54) is 44.1 Å². The highest BCUT2D eigenvalue weighted by atomic mass is 16.3. The molecule has 140 valence electrons. The fraction of sp³-hybridized carbons (Fsp3) is 0.739. The van der Waals surface area contributed by atoms with E-state index >= 15 is 0 Å². The van der Waals surface area contributed by atoms with Gasteiger partial charge in [-0.3, -0.25) is 4.90 Å². The van der Waals surface area contributed by atoms with Crippen molar-refractivity contribution in [2.75, 3.05) is 0 Å². The van der Waals surface area contributed by atoms with Gasteiger partial charge in [-0.1, -0.05) is 62.4 Å². The molecule has 0 spiro atoms. The van der Waals surface area contributed by atoms with Crippen LogP contribution in [0.5, 0.6) is 0 Å². The lowest BCUT2D eigenvalue weighted by atomic mass is 9.66. The number of hydrogen-bond donors (Lipinski definition) is 1. The number of aliphatic hydroxyl groups excluding tert-OH is 1. The summed E-state index contributed by atoms with van der Waals surface area (Å²) < 4.78 is 0. The van der Waals surface area contributed by atoms with Crippen molar-refractivity contribution in [1.29, 1.82) is 0 Å². The predicted molar refractivity (Wildman–Crippen MR) is 105 cm³/mol. The smallest absolute Gasteiger partial charge is 0.0603 e. The van der Waals surface area contributed by atoms with Gasteiger partial charge in [0, 0.05) is 23.5 Å². The zero-order chi connectivity index (χ0) is 18.1. The van der Waals surface area contributed by atoms with Gasteiger partial charge in [-0.15, -0.1) is 0 Å². The third kappa shape index (κ3) is 4.11. The summed E-state index contributed by atoms with van der Waals surface area (Å²) in [5.74, 6) is 1.18. The van der Waals surface area contributed by atoms with Gasteiger partial charge in [0.2, 0.25) is 0 Å². The average molecular weight is 344 g/mol. The molecular formula is C23H37NO. The summed E-state index contributed by atoms with van der Waals surface area (Å²) in [5.41, 5.74) is 1.40. The van der Waals surface area contributed by atoms with E-state index in [1.54, 1.807) is 0 Å². The second kappa shape index (κ2) is 7.40. The molecule has 0 bridgehead atoms. The molecule has 2 unspecified atom stereocenters. The number of aliphatic hydroxyl groups is 1. The van der Waals surface area contributed by atoms with Gasteiger partial charge >= 0.3 is 0 Å². The van der Waals surface area contributed by atoms with Gasteiger partial charge in [0.25, 0.3) is 0 Å². The molecular weight excluding hydrogens is 306 g/mol. The van der Waals surface area contributed by atoms with Crippen LogP contribution in [0.3, 0.4) is 0 Å². The zero-order valence-corrected chi connectivity index (χ0v) is 16.7. The minimum absolute atomic E-state index is 0.00839. The Kier molecular flexibility index (Phi) is 5.60. The quantitative estimate of drug-likeness (QED) is 0.791. The van der Waals surface area contributed by atoms with Crippen LogP contribution in [0.1, 0.15) is 78.2 Å². The van der Waals surface area contributed by atoms with Gasteiger partial charge in [-0.25, -0.2) is 0 Å². The Bertz CT molecular complexity index is 544. The maximum atomic E-state index is 11.0. The summed E-state index contributed by atoms with van der Waals surface area (Å²) in [4.78, 5) is 2.66. The van der Waals surface area contributed by atoms with Crippen molar-refractivity contribution < 1.29 is 5.11 Å². The number of benzene rings is 1. The molecule has 1 N–H and O–H groups in total. The molecule has 3 rings (SSSR count). The Labute approximate surface area is 154 Å². The molecule has 2 heteroatoms. The predicted octanol–water partition coefficient (Wildman–Crippen LogP) is 5.40. The highest BCUT2D eigenvalue weighted by Crippen LogP contribution is 2.46. The van der Waals surface area contributed by atoms with Crippen LogP contribution in [0.15, 0.2) is 30.3 Å². The first kappa shape index (κ1) is 18.9. The molecule has 1 saturated heterocycles. The van der Waals surface area contributed by atoms with Gasteiger partial charge in [0.05, 0.1) is 6.10 Å². The first-order valence-electron chi connectivity index (χ1n) is 10.3. The average Bonchev–Trinajstić information content (AvgIpc) is 2.57. The first-order valence-corrected chi connectivity index (χ1v) is 10.3. The standard InChI is InChI=1S/C23H37NO/c1-22(2)16-21(25)20(15-18-11-7-5-8-12-18)23(3,4)24(22)17-19-13-9-6-10-14-19/h6,9-10,13-14,18,20-21,25H,5,7-8,11-12,15-17H2,1-4H3. The molecule has 2 aliphatic rings. The van der Waals surface area contributed by atoms with Crippen LogP contribution in [-0.4, -0.2) is 27.2 Å². The lowest BCUT2D eigenvalue weighted by Crippen LogP contribution is -2.66. The fourth-order valence-corrected chi connectivity index (χ4v) is 5.63. The van der Waals surface area contributed by atoms with Gasteiger partial charge in [0.15, 0.2) is 0 Å². The van der Waals surface area contributed by atoms with Crippen LogP contribution < -0.4 is 0 Å². The minimum atomic E-state index is -0.182. The van der Waals surface area contributed by atoms with Crippen LogP contribution in [-0.2, 0) is 6.54 Å². The molecule has 1 aromatic carbocycles. The second-order valence-electron chi connectivity index (χ2n) is 9.66. The van der Waals surface area contributed by atoms with E-state index < -0.39 is 0 Å². The lowest BCUT2D eigenvalue weighted by Gasteiger charge is -2.59. The molecule has 1 aliphatic carbocycles. The molecule has 0 amide bonds. The Balaban J connectivity index is 1.81. The summed E-state index contributed by atoms with van der Waals surface area (Å²) in [6.45, 7) is 10.3. The number of nitrogens with zero attached hydrogens (tertiary/aromatic N) is 1. The van der Waals surface area contributed by atoms with Crippen molar-refractivity contribution in [2.45, 2.75) is 96.4 Å². The Morgan fingerprint density at radius 1 is 1.00 bits per heavy atom. The molecule has 1 aromatic rings. The lowest BCUT2D eigenvalue weighted by molar-refractivity contribution is -0.136. The van der Waals surface area contributed by atoms with E-state index in [2.05, 4.69) is 62.9 Å². The highest BCUT2D eigenvalue weighted by molar-refractivity contribution is 5.17. The number of hydrogen-bond acceptors (Lipinski definition) is 2. The molecule has 0 aromatic heterocycles. The minimum Gasteiger partial charge on any atom is -0.393 e. The van der Waals surface area contributed by atoms with E-state index in [0.717, 1.165) is 18.9 Å². The van der Waals surface area contributed by atoms with Crippen LogP contribution in [0.4, 0.5) is 0 Å². The third-order valence-corrected chi connectivity index (χ3v) is 7.00. The van der Waals surface area contributed by atoms with Crippen molar-refractivity contribution in [3.8, 4) is 0 Å². The van der Waals surface area contributed by atoms with E-state index in [9.17, 15) is 5.11 Å². The second-order valence-corrected chi connectivity index (χ2v) is 9.66. The van der Waals surface area contributed by atoms with Gasteiger partial charge in [-0.2, -0.15) is 0 Å². The van der Waals surface area contributed by atoms with E-state index in [-0.39, 0.29) is 17.2 Å². The maximum Gasteiger partial charge on any atom is 0.0603 e. The fourth-order valence-electron chi connectivity index (χ4n) is 5.63. The molecule has 1 aliphatic heterocycles. The molecule has 25 heavy (non-hydrogen) atoms. The zero-order valence-electron chi connectivity index (χ0n) is 16.7. The summed E-state index contributed by atoms with van der Waals surface area (Å²) in [6, 6.07) is 10.8. The molecule has 2 nitrogen and oxygen atoms in total. The van der Waals surface area contributed by atoms with E-state index in [4.69, 9.17) is 0 Å². The van der Waals surface area contributed by atoms with Crippen molar-refractivity contribution >= 4 is 0 Å². The summed E-state index contributed by atoms with van der Waals surface area (Å²) in [6.07, 6.45) is 8.78. The summed E-state index contributed by atoms with van der Waals surface area (Å²) in [5, 5.41) is 11.0. The number of piperidine rings is 1. The first-order chi connectivity index (χ1) is 11.8. The number of rotatable bonds is 4. The van der Waals surface area contributed by atoms with E-state index in [1.807, 2.05) is 0 Å². The molecule has 2 fully saturated rings. The largest absolute Gasteiger partial charge is 0.393 e. The van der Waals surface area contributed by atoms with Crippen molar-refractivity contribution in [3.05, 3.63) is 35.9 Å². The monoisotopic (exact) mass is 343 g/mol. The summed E-state index contributed by atoms with van der Waals surface area (Å²) >= 11 is 0. The summed E-state index contributed by atoms with van der Waals surface area (Å²) in [7, 11) is 0. The van der Waals surface area contributed by atoms with Crippen LogP contribution >= 0.6 is 0 Å². The van der Waals surface area contributed by atoms with Crippen LogP contribution in [0.2, 0.25) is 0 Å². The Morgan fingerprint density at radius 3 is 2.28 bits per heavy atom. The van der Waals surface area contributed by atoms with Crippen LogP contribution in [0, 0.1) is 11.8 Å². The molecule has 1 saturated carbocycles. The Hall–Kier alpha value is -0.860.